The lowest BCUT2D eigenvalue weighted by molar-refractivity contribution is 0.0102. The minimum atomic E-state index is -3.56. The van der Waals surface area contributed by atoms with Gasteiger partial charge in [-0.15, -0.1) is 0 Å². The second-order valence-electron chi connectivity index (χ2n) is 12.8. The Balaban J connectivity index is 1.27. The van der Waals surface area contributed by atoms with Gasteiger partial charge in [-0.25, -0.2) is 8.42 Å². The van der Waals surface area contributed by atoms with Crippen molar-refractivity contribution in [2.45, 2.75) is 48.2 Å². The van der Waals surface area contributed by atoms with Crippen LogP contribution in [0.5, 0.6) is 0 Å². The first kappa shape index (κ1) is 26.2. The monoisotopic (exact) mass is 574 g/mol. The van der Waals surface area contributed by atoms with Crippen molar-refractivity contribution in [3.63, 3.8) is 0 Å². The number of benzene rings is 3. The lowest BCUT2D eigenvalue weighted by atomic mass is 9.61. The number of nitrogens with one attached hydrogen (secondary N) is 1. The van der Waals surface area contributed by atoms with Gasteiger partial charge < -0.3 is 10.2 Å². The van der Waals surface area contributed by atoms with Crippen LogP contribution in [0.25, 0.3) is 11.1 Å². The predicted molar refractivity (Wildman–Crippen MR) is 169 cm³/mol. The number of rotatable bonds is 4. The smallest absolute Gasteiger partial charge is 0.185 e. The molecule has 6 aliphatic rings. The highest BCUT2D eigenvalue weighted by atomic mass is 32.2. The van der Waals surface area contributed by atoms with Gasteiger partial charge in [-0.2, -0.15) is 0 Å². The van der Waals surface area contributed by atoms with Crippen LogP contribution < -0.4 is 5.32 Å². The molecule has 0 saturated carbocycles. The van der Waals surface area contributed by atoms with Crippen molar-refractivity contribution in [3.05, 3.63) is 125 Å². The number of allylic oxidation sites excluding steroid dienone is 5. The molecule has 9 rings (SSSR count). The van der Waals surface area contributed by atoms with E-state index in [0.29, 0.717) is 23.2 Å². The molecule has 0 unspecified atom stereocenters. The van der Waals surface area contributed by atoms with Gasteiger partial charge in [0.2, 0.25) is 0 Å². The van der Waals surface area contributed by atoms with Gasteiger partial charge in [-0.3, -0.25) is 0 Å². The van der Waals surface area contributed by atoms with Crippen molar-refractivity contribution >= 4 is 9.84 Å². The zero-order chi connectivity index (χ0) is 28.3. The highest BCUT2D eigenvalue weighted by Crippen LogP contribution is 2.53. The van der Waals surface area contributed by atoms with Crippen molar-refractivity contribution in [3.8, 4) is 11.1 Å². The summed E-state index contributed by atoms with van der Waals surface area (Å²) in [5.74, 6) is 2.36. The fourth-order valence-corrected chi connectivity index (χ4v) is 10.7. The van der Waals surface area contributed by atoms with Crippen molar-refractivity contribution < 1.29 is 8.42 Å². The Morgan fingerprint density at radius 3 is 2.36 bits per heavy atom. The van der Waals surface area contributed by atoms with E-state index < -0.39 is 15.1 Å². The molecule has 0 radical (unpaired) electrons. The van der Waals surface area contributed by atoms with Crippen molar-refractivity contribution in [1.29, 1.82) is 0 Å². The third kappa shape index (κ3) is 4.24. The second kappa shape index (κ2) is 10.4. The average Bonchev–Trinajstić information content (AvgIpc) is 3.34. The van der Waals surface area contributed by atoms with E-state index in [1.54, 1.807) is 12.1 Å². The number of piperidine rings is 3. The van der Waals surface area contributed by atoms with E-state index in [1.807, 2.05) is 36.4 Å². The standard InChI is InChI=1S/C37H38N2O2S/c40-42(41,26-9-3-1-4-10-26)36-23-33-28(27-11-6-7-12-30(27)36)14-16-31-29(33)15-17-32(34-24-39-21-18-25(34)19-22-39)37(31)35-13-5-2-8-20-38-35/h1-14,16,20,25,32,34,36-38H,15,17-19,21-24H2/t32-,34-,36-,37+/m0/s1. The molecule has 3 aromatic carbocycles. The topological polar surface area (TPSA) is 49.4 Å². The molecule has 0 aromatic heterocycles. The first-order chi connectivity index (χ1) is 20.6. The number of sulfone groups is 1. The van der Waals surface area contributed by atoms with E-state index in [9.17, 15) is 8.42 Å². The fraction of sp³-hybridized carbons (Fsp3) is 0.351. The van der Waals surface area contributed by atoms with Crippen LogP contribution in [-0.4, -0.2) is 33.0 Å². The third-order valence-corrected chi connectivity index (χ3v) is 12.9. The molecule has 4 atom stereocenters. The molecule has 1 N–H and O–H groups in total. The van der Waals surface area contributed by atoms with Crippen LogP contribution in [0.2, 0.25) is 0 Å². The summed E-state index contributed by atoms with van der Waals surface area (Å²) in [6.07, 6.45) is 16.0. The van der Waals surface area contributed by atoms with Gasteiger partial charge in [0.15, 0.2) is 9.84 Å². The van der Waals surface area contributed by atoms with E-state index in [0.717, 1.165) is 29.9 Å². The van der Waals surface area contributed by atoms with Crippen LogP contribution >= 0.6 is 0 Å². The molecule has 2 aliphatic carbocycles. The van der Waals surface area contributed by atoms with Gasteiger partial charge in [-0.1, -0.05) is 66.7 Å². The van der Waals surface area contributed by atoms with E-state index in [-0.39, 0.29) is 5.92 Å². The maximum atomic E-state index is 14.2. The Bertz CT molecular complexity index is 1710. The Hall–Kier alpha value is -3.41. The zero-order valence-electron chi connectivity index (χ0n) is 24.0. The molecular formula is C37H38N2O2S. The normalized spacial score (nSPS) is 29.5. The Morgan fingerprint density at radius 1 is 0.738 bits per heavy atom. The fourth-order valence-electron chi connectivity index (χ4n) is 8.88. The molecule has 4 heterocycles. The molecule has 4 aliphatic heterocycles. The number of hydrogen-bond donors (Lipinski definition) is 1. The van der Waals surface area contributed by atoms with Crippen LogP contribution in [0.3, 0.4) is 0 Å². The summed E-state index contributed by atoms with van der Waals surface area (Å²) >= 11 is 0. The summed E-state index contributed by atoms with van der Waals surface area (Å²) in [6, 6.07) is 21.9. The van der Waals surface area contributed by atoms with Crippen LogP contribution in [0.15, 0.2) is 108 Å². The summed E-state index contributed by atoms with van der Waals surface area (Å²) in [6.45, 7) is 3.73. The maximum absolute atomic E-state index is 14.2. The third-order valence-electron chi connectivity index (χ3n) is 10.8. The minimum Gasteiger partial charge on any atom is -0.364 e. The SMILES string of the molecule is O=S(=O)(c1ccccc1)[C@H]1Cc2c(ccc3c2CC[C@@H]([C@H]2CN4CCC2CC4)[C@@H]3C2=CC=CC=CN2)-c2ccccc21. The van der Waals surface area contributed by atoms with E-state index in [1.165, 1.54) is 60.4 Å². The summed E-state index contributed by atoms with van der Waals surface area (Å²) in [7, 11) is -3.56. The maximum Gasteiger partial charge on any atom is 0.185 e. The average molecular weight is 575 g/mol. The molecule has 2 bridgehead atoms. The molecule has 42 heavy (non-hydrogen) atoms. The van der Waals surface area contributed by atoms with Crippen LogP contribution in [0.1, 0.15) is 52.7 Å². The summed E-state index contributed by atoms with van der Waals surface area (Å²) < 4.78 is 28.3. The minimum absolute atomic E-state index is 0.276. The number of hydrogen-bond acceptors (Lipinski definition) is 4. The lowest BCUT2D eigenvalue weighted by Crippen LogP contribution is -2.51. The first-order valence-corrected chi connectivity index (χ1v) is 17.2. The van der Waals surface area contributed by atoms with Gasteiger partial charge in [0.05, 0.1) is 10.1 Å². The van der Waals surface area contributed by atoms with E-state index >= 15 is 0 Å². The van der Waals surface area contributed by atoms with E-state index in [2.05, 4.69) is 58.9 Å². The Morgan fingerprint density at radius 2 is 1.55 bits per heavy atom. The lowest BCUT2D eigenvalue weighted by Gasteiger charge is -2.51. The van der Waals surface area contributed by atoms with E-state index in [4.69, 9.17) is 0 Å². The summed E-state index contributed by atoms with van der Waals surface area (Å²) in [4.78, 5) is 3.10. The molecular weight excluding hydrogens is 536 g/mol. The van der Waals surface area contributed by atoms with Gasteiger partial charge in [0.25, 0.3) is 0 Å². The molecule has 5 heteroatoms. The molecule has 4 nitrogen and oxygen atoms in total. The molecule has 3 aromatic rings. The Labute approximate surface area is 249 Å². The quantitative estimate of drug-likeness (QED) is 0.366. The summed E-state index contributed by atoms with van der Waals surface area (Å²) in [5, 5.41) is 3.08. The van der Waals surface area contributed by atoms with Crippen LogP contribution in [0, 0.1) is 17.8 Å². The Kier molecular flexibility index (Phi) is 6.49. The zero-order valence-corrected chi connectivity index (χ0v) is 24.8. The van der Waals surface area contributed by atoms with Crippen molar-refractivity contribution in [2.24, 2.45) is 17.8 Å². The number of fused-ring (bicyclic) bond motifs is 8. The molecule has 3 fully saturated rings. The molecule has 0 spiro atoms. The predicted octanol–water partition coefficient (Wildman–Crippen LogP) is 6.97. The van der Waals surface area contributed by atoms with Gasteiger partial charge in [0.1, 0.15) is 0 Å². The summed E-state index contributed by atoms with van der Waals surface area (Å²) in [5.41, 5.74) is 8.51. The van der Waals surface area contributed by atoms with Crippen molar-refractivity contribution in [1.82, 2.24) is 10.2 Å². The second-order valence-corrected chi connectivity index (χ2v) is 14.9. The largest absolute Gasteiger partial charge is 0.364 e. The molecule has 3 saturated heterocycles. The molecule has 214 valence electrons. The van der Waals surface area contributed by atoms with Gasteiger partial charge >= 0.3 is 0 Å². The van der Waals surface area contributed by atoms with Crippen LogP contribution in [-0.2, 0) is 22.7 Å². The highest BCUT2D eigenvalue weighted by molar-refractivity contribution is 7.91. The molecule has 0 amide bonds. The van der Waals surface area contributed by atoms with Gasteiger partial charge in [0, 0.05) is 24.4 Å². The highest BCUT2D eigenvalue weighted by Gasteiger charge is 2.46. The van der Waals surface area contributed by atoms with Crippen molar-refractivity contribution in [2.75, 3.05) is 19.6 Å². The van der Waals surface area contributed by atoms with Crippen LogP contribution in [0.4, 0.5) is 0 Å². The van der Waals surface area contributed by atoms with Gasteiger partial charge in [-0.05, 0) is 121 Å². The number of nitrogens with zero attached hydrogens (tertiary/aromatic N) is 1. The first-order valence-electron chi connectivity index (χ1n) is 15.6.